The summed E-state index contributed by atoms with van der Waals surface area (Å²) in [6.07, 6.45) is 1.82. The van der Waals surface area contributed by atoms with Gasteiger partial charge in [-0.2, -0.15) is 5.10 Å². The number of para-hydroxylation sites is 2. The van der Waals surface area contributed by atoms with Crippen LogP contribution in [0, 0.1) is 5.41 Å². The van der Waals surface area contributed by atoms with Crippen LogP contribution < -0.4 is 5.43 Å². The summed E-state index contributed by atoms with van der Waals surface area (Å²) >= 11 is 0. The predicted octanol–water partition coefficient (Wildman–Crippen LogP) is 2.89. The summed E-state index contributed by atoms with van der Waals surface area (Å²) < 4.78 is 2.05. The topological polar surface area (TPSA) is 59.3 Å². The molecule has 1 N–H and O–H groups in total. The first-order valence-corrected chi connectivity index (χ1v) is 7.49. The summed E-state index contributed by atoms with van der Waals surface area (Å²) in [7, 11) is 0. The van der Waals surface area contributed by atoms with Gasteiger partial charge >= 0.3 is 0 Å². The highest BCUT2D eigenvalue weighted by Gasteiger charge is 2.39. The fourth-order valence-electron chi connectivity index (χ4n) is 2.86. The summed E-state index contributed by atoms with van der Waals surface area (Å²) in [4.78, 5) is 16.3. The average molecular weight is 304 g/mol. The van der Waals surface area contributed by atoms with E-state index in [1.165, 1.54) is 0 Å². The molecule has 2 aromatic carbocycles. The second kappa shape index (κ2) is 4.78. The molecular weight excluding hydrogens is 288 g/mol. The zero-order valence-electron chi connectivity index (χ0n) is 12.9. The van der Waals surface area contributed by atoms with Gasteiger partial charge in [-0.1, -0.05) is 24.3 Å². The lowest BCUT2D eigenvalue weighted by molar-refractivity contribution is -0.125. The van der Waals surface area contributed by atoms with Crippen molar-refractivity contribution in [1.29, 1.82) is 0 Å². The summed E-state index contributed by atoms with van der Waals surface area (Å²) in [5.74, 6) is -0.0721. The Bertz CT molecular complexity index is 935. The number of nitrogens with one attached hydrogen (secondary N) is 1. The van der Waals surface area contributed by atoms with E-state index >= 15 is 0 Å². The molecule has 1 aromatic heterocycles. The highest BCUT2D eigenvalue weighted by Crippen LogP contribution is 2.27. The fourth-order valence-corrected chi connectivity index (χ4v) is 2.86. The van der Waals surface area contributed by atoms with Crippen molar-refractivity contribution < 1.29 is 4.79 Å². The summed E-state index contributed by atoms with van der Waals surface area (Å²) in [6.45, 7) is 3.76. The molecule has 0 radical (unpaired) electrons. The number of hydrogen-bond donors (Lipinski definition) is 1. The number of amides is 1. The Labute approximate surface area is 133 Å². The van der Waals surface area contributed by atoms with Gasteiger partial charge in [0, 0.05) is 5.69 Å². The summed E-state index contributed by atoms with van der Waals surface area (Å²) in [6, 6.07) is 16.0. The van der Waals surface area contributed by atoms with Gasteiger partial charge in [0.15, 0.2) is 0 Å². The van der Waals surface area contributed by atoms with Crippen LogP contribution in [-0.4, -0.2) is 21.2 Å². The number of rotatable bonds is 2. The van der Waals surface area contributed by atoms with E-state index in [-0.39, 0.29) is 5.91 Å². The standard InChI is InChI=1S/C18H16N4O/c1-18(2)16(20-21-17(18)23)12-7-9-13(10-8-12)22-11-19-14-5-3-4-6-15(14)22/h3-11H,1-2H3,(H,21,23). The van der Waals surface area contributed by atoms with E-state index in [1.807, 2.05) is 73.3 Å². The number of carbonyl (C=O) groups excluding carboxylic acids is 1. The van der Waals surface area contributed by atoms with Crippen LogP contribution in [0.1, 0.15) is 19.4 Å². The third kappa shape index (κ3) is 2.04. The zero-order valence-corrected chi connectivity index (χ0v) is 12.9. The fraction of sp³-hybridized carbons (Fsp3) is 0.167. The number of hydrogen-bond acceptors (Lipinski definition) is 3. The van der Waals surface area contributed by atoms with E-state index in [4.69, 9.17) is 0 Å². The van der Waals surface area contributed by atoms with E-state index in [0.717, 1.165) is 28.0 Å². The Morgan fingerprint density at radius 2 is 1.78 bits per heavy atom. The molecule has 1 aliphatic rings. The molecule has 0 atom stereocenters. The molecule has 5 nitrogen and oxygen atoms in total. The number of imidazole rings is 1. The molecule has 0 aliphatic carbocycles. The first kappa shape index (κ1) is 13.7. The Hall–Kier alpha value is -2.95. The highest BCUT2D eigenvalue weighted by atomic mass is 16.2. The van der Waals surface area contributed by atoms with Crippen molar-refractivity contribution in [3.05, 3.63) is 60.4 Å². The molecule has 0 saturated carbocycles. The van der Waals surface area contributed by atoms with Gasteiger partial charge in [-0.15, -0.1) is 0 Å². The molecule has 4 rings (SSSR count). The van der Waals surface area contributed by atoms with Crippen molar-refractivity contribution in [1.82, 2.24) is 15.0 Å². The van der Waals surface area contributed by atoms with Crippen LogP contribution >= 0.6 is 0 Å². The van der Waals surface area contributed by atoms with Crippen molar-refractivity contribution in [2.45, 2.75) is 13.8 Å². The van der Waals surface area contributed by atoms with Crippen LogP contribution in [0.15, 0.2) is 60.0 Å². The van der Waals surface area contributed by atoms with E-state index < -0.39 is 5.41 Å². The average Bonchev–Trinajstić information content (AvgIpc) is 3.10. The Morgan fingerprint density at radius 3 is 2.48 bits per heavy atom. The lowest BCUT2D eigenvalue weighted by Gasteiger charge is -2.17. The minimum atomic E-state index is -0.608. The van der Waals surface area contributed by atoms with Gasteiger partial charge in [0.1, 0.15) is 6.33 Å². The molecule has 0 saturated heterocycles. The zero-order chi connectivity index (χ0) is 16.0. The normalized spacial score (nSPS) is 16.4. The van der Waals surface area contributed by atoms with Crippen LogP contribution in [0.25, 0.3) is 16.7 Å². The van der Waals surface area contributed by atoms with Gasteiger partial charge in [0.25, 0.3) is 5.91 Å². The number of nitrogens with zero attached hydrogens (tertiary/aromatic N) is 3. The lowest BCUT2D eigenvalue weighted by atomic mass is 9.84. The van der Waals surface area contributed by atoms with Crippen molar-refractivity contribution in [2.75, 3.05) is 0 Å². The van der Waals surface area contributed by atoms with E-state index in [1.54, 1.807) is 0 Å². The summed E-state index contributed by atoms with van der Waals surface area (Å²) in [5.41, 5.74) is 6.72. The molecule has 0 spiro atoms. The molecule has 1 aliphatic heterocycles. The number of aromatic nitrogens is 2. The maximum absolute atomic E-state index is 11.8. The smallest absolute Gasteiger partial charge is 0.251 e. The monoisotopic (exact) mass is 304 g/mol. The molecule has 114 valence electrons. The minimum absolute atomic E-state index is 0.0721. The van der Waals surface area contributed by atoms with Gasteiger partial charge in [-0.05, 0) is 43.7 Å². The van der Waals surface area contributed by atoms with Gasteiger partial charge in [-0.25, -0.2) is 10.4 Å². The van der Waals surface area contributed by atoms with Crippen LogP contribution in [0.2, 0.25) is 0 Å². The first-order chi connectivity index (χ1) is 11.1. The van der Waals surface area contributed by atoms with Crippen molar-refractivity contribution in [3.63, 3.8) is 0 Å². The van der Waals surface area contributed by atoms with Gasteiger partial charge in [0.2, 0.25) is 0 Å². The molecule has 0 fully saturated rings. The van der Waals surface area contributed by atoms with E-state index in [0.29, 0.717) is 0 Å². The Kier molecular flexibility index (Phi) is 2.84. The Balaban J connectivity index is 1.73. The SMILES string of the molecule is CC1(C)C(=O)NN=C1c1ccc(-n2cnc3ccccc32)cc1. The molecule has 23 heavy (non-hydrogen) atoms. The second-order valence-electron chi connectivity index (χ2n) is 6.18. The van der Waals surface area contributed by atoms with Gasteiger partial charge in [0.05, 0.1) is 22.2 Å². The number of benzene rings is 2. The molecular formula is C18H16N4O. The lowest BCUT2D eigenvalue weighted by Crippen LogP contribution is -2.32. The molecule has 0 bridgehead atoms. The van der Waals surface area contributed by atoms with Gasteiger partial charge < -0.3 is 0 Å². The predicted molar refractivity (Wildman–Crippen MR) is 89.5 cm³/mol. The van der Waals surface area contributed by atoms with Crippen LogP contribution in [0.5, 0.6) is 0 Å². The third-order valence-corrected chi connectivity index (χ3v) is 4.30. The van der Waals surface area contributed by atoms with E-state index in [9.17, 15) is 4.79 Å². The van der Waals surface area contributed by atoms with Crippen LogP contribution in [0.4, 0.5) is 0 Å². The number of fused-ring (bicyclic) bond motifs is 1. The molecule has 5 heteroatoms. The Morgan fingerprint density at radius 1 is 1.04 bits per heavy atom. The van der Waals surface area contributed by atoms with Crippen molar-refractivity contribution in [3.8, 4) is 5.69 Å². The van der Waals surface area contributed by atoms with E-state index in [2.05, 4.69) is 15.5 Å². The van der Waals surface area contributed by atoms with Crippen molar-refractivity contribution in [2.24, 2.45) is 10.5 Å². The molecule has 0 unspecified atom stereocenters. The van der Waals surface area contributed by atoms with Crippen LogP contribution in [-0.2, 0) is 4.79 Å². The first-order valence-electron chi connectivity index (χ1n) is 7.49. The maximum atomic E-state index is 11.8. The minimum Gasteiger partial charge on any atom is -0.299 e. The van der Waals surface area contributed by atoms with Crippen LogP contribution in [0.3, 0.4) is 0 Å². The molecule has 2 heterocycles. The van der Waals surface area contributed by atoms with Crippen molar-refractivity contribution >= 4 is 22.7 Å². The molecule has 3 aromatic rings. The largest absolute Gasteiger partial charge is 0.299 e. The number of hydrazone groups is 1. The third-order valence-electron chi connectivity index (χ3n) is 4.30. The molecule has 1 amide bonds. The second-order valence-corrected chi connectivity index (χ2v) is 6.18. The van der Waals surface area contributed by atoms with Gasteiger partial charge in [-0.3, -0.25) is 9.36 Å². The quantitative estimate of drug-likeness (QED) is 0.791. The summed E-state index contributed by atoms with van der Waals surface area (Å²) in [5, 5.41) is 4.18. The number of carbonyl (C=O) groups is 1. The maximum Gasteiger partial charge on any atom is 0.251 e. The highest BCUT2D eigenvalue weighted by molar-refractivity contribution is 6.19.